The van der Waals surface area contributed by atoms with E-state index < -0.39 is 0 Å². The third-order valence-electron chi connectivity index (χ3n) is 2.22. The molecule has 2 nitrogen and oxygen atoms in total. The normalized spacial score (nSPS) is 22.2. The van der Waals surface area contributed by atoms with Crippen LogP contribution in [0.3, 0.4) is 0 Å². The highest BCUT2D eigenvalue weighted by atomic mass is 32.2. The van der Waals surface area contributed by atoms with Gasteiger partial charge in [-0.3, -0.25) is 4.79 Å². The van der Waals surface area contributed by atoms with E-state index >= 15 is 0 Å². The van der Waals surface area contributed by atoms with Gasteiger partial charge in [0.25, 0.3) is 0 Å². The Morgan fingerprint density at radius 1 is 1.54 bits per heavy atom. The van der Waals surface area contributed by atoms with Crippen molar-refractivity contribution in [1.82, 2.24) is 4.90 Å². The van der Waals surface area contributed by atoms with Crippen molar-refractivity contribution < 1.29 is 4.79 Å². The van der Waals surface area contributed by atoms with Crippen molar-refractivity contribution >= 4 is 17.7 Å². The zero-order chi connectivity index (χ0) is 9.90. The molecule has 1 saturated heterocycles. The highest BCUT2D eigenvalue weighted by Crippen LogP contribution is 2.25. The highest BCUT2D eigenvalue weighted by molar-refractivity contribution is 7.99. The van der Waals surface area contributed by atoms with Crippen LogP contribution in [0.2, 0.25) is 0 Å². The summed E-state index contributed by atoms with van der Waals surface area (Å²) in [4.78, 5) is 13.6. The van der Waals surface area contributed by atoms with Crippen LogP contribution in [-0.4, -0.2) is 34.4 Å². The van der Waals surface area contributed by atoms with Gasteiger partial charge in [0.15, 0.2) is 0 Å². The van der Waals surface area contributed by atoms with Gasteiger partial charge in [0, 0.05) is 23.6 Å². The first-order chi connectivity index (χ1) is 6.08. The fourth-order valence-corrected chi connectivity index (χ4v) is 2.61. The highest BCUT2D eigenvalue weighted by Gasteiger charge is 2.32. The SMILES string of the molecule is C/C=C/C(=O)N1CCSCC1(C)C. The number of hydrogen-bond acceptors (Lipinski definition) is 2. The van der Waals surface area contributed by atoms with Crippen LogP contribution in [0.5, 0.6) is 0 Å². The molecule has 0 spiro atoms. The molecule has 0 aromatic rings. The van der Waals surface area contributed by atoms with E-state index in [1.807, 2.05) is 23.6 Å². The number of allylic oxidation sites excluding steroid dienone is 1. The zero-order valence-corrected chi connectivity index (χ0v) is 9.36. The summed E-state index contributed by atoms with van der Waals surface area (Å²) in [7, 11) is 0. The van der Waals surface area contributed by atoms with Crippen LogP contribution in [0.4, 0.5) is 0 Å². The van der Waals surface area contributed by atoms with Gasteiger partial charge in [-0.2, -0.15) is 11.8 Å². The number of carbonyl (C=O) groups is 1. The third-order valence-corrected chi connectivity index (χ3v) is 3.60. The molecule has 1 rings (SSSR count). The Morgan fingerprint density at radius 3 is 2.77 bits per heavy atom. The van der Waals surface area contributed by atoms with Crippen molar-refractivity contribution in [3.63, 3.8) is 0 Å². The largest absolute Gasteiger partial charge is 0.332 e. The van der Waals surface area contributed by atoms with Crippen molar-refractivity contribution in [3.05, 3.63) is 12.2 Å². The van der Waals surface area contributed by atoms with Crippen molar-refractivity contribution in [2.75, 3.05) is 18.1 Å². The maximum atomic E-state index is 11.6. The first kappa shape index (κ1) is 10.6. The standard InChI is InChI=1S/C10H17NOS/c1-4-5-9(12)11-6-7-13-8-10(11,2)3/h4-5H,6-8H2,1-3H3/b5-4+. The van der Waals surface area contributed by atoms with E-state index in [-0.39, 0.29) is 11.4 Å². The molecule has 0 radical (unpaired) electrons. The minimum Gasteiger partial charge on any atom is -0.332 e. The van der Waals surface area contributed by atoms with Crippen LogP contribution >= 0.6 is 11.8 Å². The molecule has 0 bridgehead atoms. The van der Waals surface area contributed by atoms with Crippen LogP contribution < -0.4 is 0 Å². The summed E-state index contributed by atoms with van der Waals surface area (Å²) in [6.07, 6.45) is 3.46. The molecule has 0 atom stereocenters. The van der Waals surface area contributed by atoms with Crippen LogP contribution in [0.25, 0.3) is 0 Å². The molecule has 0 aromatic heterocycles. The predicted molar refractivity (Wildman–Crippen MR) is 57.9 cm³/mol. The number of carbonyl (C=O) groups excluding carboxylic acids is 1. The molecule has 0 N–H and O–H groups in total. The van der Waals surface area contributed by atoms with E-state index in [1.165, 1.54) is 0 Å². The van der Waals surface area contributed by atoms with E-state index in [1.54, 1.807) is 12.2 Å². The number of nitrogens with zero attached hydrogens (tertiary/aromatic N) is 1. The van der Waals surface area contributed by atoms with Crippen molar-refractivity contribution in [3.8, 4) is 0 Å². The van der Waals surface area contributed by atoms with E-state index in [2.05, 4.69) is 13.8 Å². The molecule has 0 saturated carbocycles. The molecule has 1 amide bonds. The van der Waals surface area contributed by atoms with E-state index in [0.29, 0.717) is 0 Å². The first-order valence-electron chi connectivity index (χ1n) is 4.60. The molecule has 1 aliphatic heterocycles. The Hall–Kier alpha value is -0.440. The summed E-state index contributed by atoms with van der Waals surface area (Å²) in [5, 5.41) is 0. The first-order valence-corrected chi connectivity index (χ1v) is 5.75. The second-order valence-corrected chi connectivity index (χ2v) is 4.96. The maximum Gasteiger partial charge on any atom is 0.246 e. The van der Waals surface area contributed by atoms with Gasteiger partial charge in [-0.1, -0.05) is 6.08 Å². The number of rotatable bonds is 1. The fraction of sp³-hybridized carbons (Fsp3) is 0.700. The molecule has 1 aliphatic rings. The Labute approximate surface area is 84.4 Å². The van der Waals surface area contributed by atoms with Gasteiger partial charge in [-0.15, -0.1) is 0 Å². The topological polar surface area (TPSA) is 20.3 Å². The van der Waals surface area contributed by atoms with E-state index in [9.17, 15) is 4.79 Å². The van der Waals surface area contributed by atoms with Gasteiger partial charge in [0.1, 0.15) is 0 Å². The van der Waals surface area contributed by atoms with Crippen LogP contribution in [0, 0.1) is 0 Å². The van der Waals surface area contributed by atoms with Gasteiger partial charge >= 0.3 is 0 Å². The lowest BCUT2D eigenvalue weighted by Crippen LogP contribution is -2.52. The van der Waals surface area contributed by atoms with Crippen LogP contribution in [0.15, 0.2) is 12.2 Å². The monoisotopic (exact) mass is 199 g/mol. The Balaban J connectivity index is 2.70. The molecule has 1 fully saturated rings. The number of hydrogen-bond donors (Lipinski definition) is 0. The molecule has 0 unspecified atom stereocenters. The third kappa shape index (κ3) is 2.50. The van der Waals surface area contributed by atoms with Crippen molar-refractivity contribution in [2.24, 2.45) is 0 Å². The van der Waals surface area contributed by atoms with Crippen molar-refractivity contribution in [1.29, 1.82) is 0 Å². The maximum absolute atomic E-state index is 11.6. The molecule has 13 heavy (non-hydrogen) atoms. The molecule has 3 heteroatoms. The summed E-state index contributed by atoms with van der Waals surface area (Å²) >= 11 is 1.92. The van der Waals surface area contributed by atoms with Crippen molar-refractivity contribution in [2.45, 2.75) is 26.3 Å². The lowest BCUT2D eigenvalue weighted by atomic mass is 10.1. The van der Waals surface area contributed by atoms with E-state index in [4.69, 9.17) is 0 Å². The minimum atomic E-state index is 0.0134. The second-order valence-electron chi connectivity index (χ2n) is 3.85. The summed E-state index contributed by atoms with van der Waals surface area (Å²) in [5.74, 6) is 2.25. The smallest absolute Gasteiger partial charge is 0.246 e. The van der Waals surface area contributed by atoms with Crippen LogP contribution in [0.1, 0.15) is 20.8 Å². The van der Waals surface area contributed by atoms with Gasteiger partial charge in [-0.05, 0) is 26.8 Å². The lowest BCUT2D eigenvalue weighted by Gasteiger charge is -2.41. The van der Waals surface area contributed by atoms with E-state index in [0.717, 1.165) is 18.1 Å². The fourth-order valence-electron chi connectivity index (χ4n) is 1.50. The molecule has 0 aromatic carbocycles. The predicted octanol–water partition coefficient (Wildman–Crippen LogP) is 1.92. The summed E-state index contributed by atoms with van der Waals surface area (Å²) in [6.45, 7) is 7.01. The lowest BCUT2D eigenvalue weighted by molar-refractivity contribution is -0.130. The van der Waals surface area contributed by atoms with Gasteiger partial charge in [0.05, 0.1) is 0 Å². The Kier molecular flexibility index (Phi) is 3.42. The molecular formula is C10H17NOS. The molecular weight excluding hydrogens is 182 g/mol. The summed E-state index contributed by atoms with van der Waals surface area (Å²) in [5.41, 5.74) is 0.0134. The Bertz CT molecular complexity index is 223. The Morgan fingerprint density at radius 2 is 2.23 bits per heavy atom. The summed E-state index contributed by atoms with van der Waals surface area (Å²) in [6, 6.07) is 0. The van der Waals surface area contributed by atoms with Gasteiger partial charge in [0.2, 0.25) is 5.91 Å². The molecule has 1 heterocycles. The molecule has 0 aliphatic carbocycles. The van der Waals surface area contributed by atoms with Gasteiger partial charge in [-0.25, -0.2) is 0 Å². The second kappa shape index (κ2) is 4.18. The average molecular weight is 199 g/mol. The number of amides is 1. The van der Waals surface area contributed by atoms with Crippen LogP contribution in [-0.2, 0) is 4.79 Å². The summed E-state index contributed by atoms with van der Waals surface area (Å²) < 4.78 is 0. The molecule has 74 valence electrons. The number of thioether (sulfide) groups is 1. The zero-order valence-electron chi connectivity index (χ0n) is 8.54. The quantitative estimate of drug-likeness (QED) is 0.601. The minimum absolute atomic E-state index is 0.0134. The average Bonchev–Trinajstić information content (AvgIpc) is 2.03. The van der Waals surface area contributed by atoms with Gasteiger partial charge < -0.3 is 4.90 Å².